The standard InChI is InChI=1S/C75H137NO10/c1-4-7-10-13-16-19-22-25-27-29-31-33-35-37-39-41-43-45-48-51-54-57-60-63-70(80)86-73-72(82)71(81)69(64-77)85-75(73)84-65-66(67(78)61-58-55-52-49-46-24-21-18-15-12-9-6-3)76-74(83)68(79)62-59-56-53-50-47-44-42-40-38-36-34-32-30-28-26-23-20-17-14-11-8-5-2/h17,20,25-28,32,34,58,61,66-69,71-73,75,77-79,81-82H,4-16,18-19,21-24,29-31,33,35-57,59-60,62-65H2,1-3H3,(H,76,83)/b20-17-,27-25+,28-26-,34-32-,61-58+. The van der Waals surface area contributed by atoms with Gasteiger partial charge in [0.25, 0.3) is 0 Å². The largest absolute Gasteiger partial charge is 0.454 e. The molecule has 11 heteroatoms. The first-order chi connectivity index (χ1) is 42.2. The Balaban J connectivity index is 2.56. The van der Waals surface area contributed by atoms with Gasteiger partial charge in [-0.25, -0.2) is 0 Å². The van der Waals surface area contributed by atoms with Gasteiger partial charge in [0.2, 0.25) is 5.91 Å². The number of hydrogen-bond donors (Lipinski definition) is 6. The van der Waals surface area contributed by atoms with Gasteiger partial charge in [-0.2, -0.15) is 0 Å². The number of allylic oxidation sites excluding steroid dienone is 9. The maximum absolute atomic E-state index is 13.5. The van der Waals surface area contributed by atoms with Gasteiger partial charge in [0.1, 0.15) is 24.4 Å². The molecule has 1 rings (SSSR count). The molecule has 86 heavy (non-hydrogen) atoms. The molecule has 11 nitrogen and oxygen atoms in total. The molecule has 0 spiro atoms. The Morgan fingerprint density at radius 2 is 0.802 bits per heavy atom. The molecule has 502 valence electrons. The van der Waals surface area contributed by atoms with E-state index < -0.39 is 67.4 Å². The Kier molecular flexibility index (Phi) is 59.2. The minimum absolute atomic E-state index is 0.124. The maximum atomic E-state index is 13.5. The summed E-state index contributed by atoms with van der Waals surface area (Å²) in [6.07, 6.45) is 69.7. The SMILES string of the molecule is CCCCC/C=C\C/C=C\C/C=C\CCCCCCCCCCCC(O)C(=O)NC(COC1OC(CO)C(O)C(O)C1OC(=O)CCCCCCCCCCCCCCC/C=C/CCCCCCCC)C(O)/C=C/CCCCCCCCCCCC. The molecule has 1 heterocycles. The molecule has 1 saturated heterocycles. The highest BCUT2D eigenvalue weighted by molar-refractivity contribution is 5.80. The Labute approximate surface area is 528 Å². The third kappa shape index (κ3) is 49.2. The number of ether oxygens (including phenoxy) is 3. The number of aliphatic hydroxyl groups is 5. The summed E-state index contributed by atoms with van der Waals surface area (Å²) in [5.41, 5.74) is 0. The molecular formula is C75H137NO10. The summed E-state index contributed by atoms with van der Waals surface area (Å²) in [7, 11) is 0. The lowest BCUT2D eigenvalue weighted by atomic mass is 9.99. The van der Waals surface area contributed by atoms with Crippen LogP contribution in [0.4, 0.5) is 0 Å². The Morgan fingerprint density at radius 1 is 0.453 bits per heavy atom. The molecule has 0 aliphatic carbocycles. The van der Waals surface area contributed by atoms with E-state index in [1.807, 2.05) is 6.08 Å². The molecule has 6 N–H and O–H groups in total. The van der Waals surface area contributed by atoms with Gasteiger partial charge in [0.05, 0.1) is 25.4 Å². The number of hydrogen-bond acceptors (Lipinski definition) is 10. The van der Waals surface area contributed by atoms with Crippen molar-refractivity contribution in [2.75, 3.05) is 13.2 Å². The van der Waals surface area contributed by atoms with E-state index in [1.165, 1.54) is 218 Å². The van der Waals surface area contributed by atoms with E-state index in [2.05, 4.69) is 74.7 Å². The molecule has 0 aromatic heterocycles. The predicted octanol–water partition coefficient (Wildman–Crippen LogP) is 18.9. The first-order valence-corrected chi connectivity index (χ1v) is 36.6. The Morgan fingerprint density at radius 3 is 1.23 bits per heavy atom. The number of carbonyl (C=O) groups excluding carboxylic acids is 2. The van der Waals surface area contributed by atoms with Crippen LogP contribution in [0.5, 0.6) is 0 Å². The van der Waals surface area contributed by atoms with Crippen LogP contribution in [-0.4, -0.2) is 99.6 Å². The average Bonchev–Trinajstić information content (AvgIpc) is 3.59. The van der Waals surface area contributed by atoms with Crippen molar-refractivity contribution in [1.82, 2.24) is 5.32 Å². The van der Waals surface area contributed by atoms with Crippen molar-refractivity contribution in [3.8, 4) is 0 Å². The fourth-order valence-electron chi connectivity index (χ4n) is 11.4. The normalized spacial score (nSPS) is 18.6. The monoisotopic (exact) mass is 1210 g/mol. The zero-order chi connectivity index (χ0) is 62.4. The predicted molar refractivity (Wildman–Crippen MR) is 361 cm³/mol. The highest BCUT2D eigenvalue weighted by Gasteiger charge is 2.47. The summed E-state index contributed by atoms with van der Waals surface area (Å²) in [5.74, 6) is -1.19. The summed E-state index contributed by atoms with van der Waals surface area (Å²) >= 11 is 0. The van der Waals surface area contributed by atoms with Crippen molar-refractivity contribution in [1.29, 1.82) is 0 Å². The number of amides is 1. The number of unbranched alkanes of at least 4 members (excludes halogenated alkanes) is 41. The number of nitrogens with one attached hydrogen (secondary N) is 1. The van der Waals surface area contributed by atoms with Gasteiger partial charge in [-0.05, 0) is 89.9 Å². The minimum Gasteiger partial charge on any atom is -0.454 e. The molecule has 0 aromatic rings. The topological polar surface area (TPSA) is 175 Å². The minimum atomic E-state index is -1.62. The van der Waals surface area contributed by atoms with Gasteiger partial charge >= 0.3 is 5.97 Å². The highest BCUT2D eigenvalue weighted by atomic mass is 16.7. The highest BCUT2D eigenvalue weighted by Crippen LogP contribution is 2.26. The molecule has 8 unspecified atom stereocenters. The summed E-state index contributed by atoms with van der Waals surface area (Å²) in [6, 6.07) is -1.03. The van der Waals surface area contributed by atoms with E-state index in [4.69, 9.17) is 14.2 Å². The van der Waals surface area contributed by atoms with Crippen LogP contribution < -0.4 is 5.32 Å². The first kappa shape index (κ1) is 81.4. The fraction of sp³-hybridized carbons (Fsp3) is 0.840. The lowest BCUT2D eigenvalue weighted by molar-refractivity contribution is -0.305. The molecule has 8 atom stereocenters. The zero-order valence-electron chi connectivity index (χ0n) is 55.9. The van der Waals surface area contributed by atoms with Gasteiger partial charge in [0, 0.05) is 6.42 Å². The number of esters is 1. The first-order valence-electron chi connectivity index (χ1n) is 36.6. The van der Waals surface area contributed by atoms with Crippen molar-refractivity contribution >= 4 is 11.9 Å². The van der Waals surface area contributed by atoms with Crippen LogP contribution in [0.2, 0.25) is 0 Å². The van der Waals surface area contributed by atoms with Crippen LogP contribution in [0, 0.1) is 0 Å². The van der Waals surface area contributed by atoms with Crippen LogP contribution >= 0.6 is 0 Å². The second-order valence-corrected chi connectivity index (χ2v) is 25.3. The van der Waals surface area contributed by atoms with Gasteiger partial charge in [0.15, 0.2) is 12.4 Å². The summed E-state index contributed by atoms with van der Waals surface area (Å²) < 4.78 is 17.7. The average molecular weight is 1210 g/mol. The zero-order valence-corrected chi connectivity index (χ0v) is 55.9. The summed E-state index contributed by atoms with van der Waals surface area (Å²) in [6.45, 7) is 5.80. The summed E-state index contributed by atoms with van der Waals surface area (Å²) in [5, 5.41) is 57.3. The number of carbonyl (C=O) groups is 2. The smallest absolute Gasteiger partial charge is 0.306 e. The van der Waals surface area contributed by atoms with Crippen LogP contribution in [0.15, 0.2) is 60.8 Å². The van der Waals surface area contributed by atoms with E-state index >= 15 is 0 Å². The second-order valence-electron chi connectivity index (χ2n) is 25.3. The van der Waals surface area contributed by atoms with Crippen LogP contribution in [0.25, 0.3) is 0 Å². The van der Waals surface area contributed by atoms with Crippen molar-refractivity contribution in [2.45, 2.75) is 391 Å². The van der Waals surface area contributed by atoms with E-state index in [0.717, 1.165) is 77.0 Å². The number of aliphatic hydroxyl groups excluding tert-OH is 5. The molecule has 0 radical (unpaired) electrons. The lowest BCUT2D eigenvalue weighted by Gasteiger charge is -2.41. The van der Waals surface area contributed by atoms with E-state index in [0.29, 0.717) is 12.8 Å². The summed E-state index contributed by atoms with van der Waals surface area (Å²) in [4.78, 5) is 26.7. The van der Waals surface area contributed by atoms with Crippen molar-refractivity contribution < 1.29 is 49.3 Å². The van der Waals surface area contributed by atoms with E-state index in [1.54, 1.807) is 6.08 Å². The third-order valence-electron chi connectivity index (χ3n) is 17.1. The third-order valence-corrected chi connectivity index (χ3v) is 17.1. The van der Waals surface area contributed by atoms with E-state index in [-0.39, 0.29) is 19.4 Å². The molecule has 1 aliphatic rings. The quantitative estimate of drug-likeness (QED) is 0.0195. The van der Waals surface area contributed by atoms with Crippen LogP contribution in [0.3, 0.4) is 0 Å². The molecule has 1 aliphatic heterocycles. The van der Waals surface area contributed by atoms with Gasteiger partial charge in [-0.1, -0.05) is 306 Å². The van der Waals surface area contributed by atoms with E-state index in [9.17, 15) is 35.1 Å². The Bertz CT molecular complexity index is 1630. The number of rotatable bonds is 63. The maximum Gasteiger partial charge on any atom is 0.306 e. The van der Waals surface area contributed by atoms with Gasteiger partial charge < -0.3 is 45.1 Å². The van der Waals surface area contributed by atoms with Crippen LogP contribution in [0.1, 0.15) is 342 Å². The van der Waals surface area contributed by atoms with Gasteiger partial charge in [-0.15, -0.1) is 0 Å². The lowest BCUT2D eigenvalue weighted by Crippen LogP contribution is -2.61. The molecule has 1 amide bonds. The molecule has 1 fully saturated rings. The van der Waals surface area contributed by atoms with Crippen molar-refractivity contribution in [2.24, 2.45) is 0 Å². The van der Waals surface area contributed by atoms with Crippen LogP contribution in [-0.2, 0) is 23.8 Å². The molecule has 0 saturated carbocycles. The van der Waals surface area contributed by atoms with Crippen molar-refractivity contribution in [3.63, 3.8) is 0 Å². The Hall–Kier alpha value is -2.64. The van der Waals surface area contributed by atoms with Crippen molar-refractivity contribution in [3.05, 3.63) is 60.8 Å². The molecule has 0 bridgehead atoms. The molecule has 0 aromatic carbocycles. The molecular weight excluding hydrogens is 1070 g/mol. The van der Waals surface area contributed by atoms with Gasteiger partial charge in [-0.3, -0.25) is 9.59 Å². The second kappa shape index (κ2) is 62.5. The fourth-order valence-corrected chi connectivity index (χ4v) is 11.4.